The average Bonchev–Trinajstić information content (AvgIpc) is 3.41. The number of likely N-dealkylation sites (N-methyl/N-ethyl adjacent to an activating group) is 1. The molecule has 3 aliphatic rings. The highest BCUT2D eigenvalue weighted by molar-refractivity contribution is 5.77. The van der Waals surface area contributed by atoms with E-state index in [0.717, 1.165) is 68.7 Å². The SMILES string of the molecule is COc1c(F)cc(C2(C)COC2)cc1[C@H](C(=O)O)N1CC[C@@H](N(C)CCCCCc2ccc3c(n2)NCCC3)C1. The molecule has 218 valence electrons. The monoisotopic (exact) mass is 554 g/mol. The molecule has 0 spiro atoms. The fraction of sp³-hybridized carbons (Fsp3) is 0.613. The molecule has 0 bridgehead atoms. The van der Waals surface area contributed by atoms with Gasteiger partial charge in [-0.3, -0.25) is 9.69 Å². The van der Waals surface area contributed by atoms with Crippen molar-refractivity contribution in [3.05, 3.63) is 52.5 Å². The van der Waals surface area contributed by atoms with Crippen LogP contribution in [0.1, 0.15) is 67.5 Å². The number of benzene rings is 1. The molecular weight excluding hydrogens is 511 g/mol. The maximum absolute atomic E-state index is 15.1. The van der Waals surface area contributed by atoms with E-state index in [0.29, 0.717) is 31.9 Å². The lowest BCUT2D eigenvalue weighted by molar-refractivity contribution is -0.143. The molecule has 2 saturated heterocycles. The van der Waals surface area contributed by atoms with Crippen LogP contribution in [0.25, 0.3) is 0 Å². The Hall–Kier alpha value is -2.75. The molecule has 2 N–H and O–H groups in total. The van der Waals surface area contributed by atoms with Crippen molar-refractivity contribution >= 4 is 11.8 Å². The van der Waals surface area contributed by atoms with E-state index in [1.54, 1.807) is 0 Å². The number of hydrogen-bond acceptors (Lipinski definition) is 7. The summed E-state index contributed by atoms with van der Waals surface area (Å²) < 4.78 is 25.9. The van der Waals surface area contributed by atoms with E-state index in [4.69, 9.17) is 14.5 Å². The van der Waals surface area contributed by atoms with Crippen LogP contribution in [-0.2, 0) is 27.8 Å². The molecule has 3 aliphatic heterocycles. The summed E-state index contributed by atoms with van der Waals surface area (Å²) >= 11 is 0. The van der Waals surface area contributed by atoms with Crippen LogP contribution in [0.3, 0.4) is 0 Å². The zero-order valence-corrected chi connectivity index (χ0v) is 24.0. The number of anilines is 1. The van der Waals surface area contributed by atoms with Crippen molar-refractivity contribution in [3.8, 4) is 5.75 Å². The maximum atomic E-state index is 15.1. The molecule has 1 aromatic carbocycles. The second-order valence-electron chi connectivity index (χ2n) is 11.9. The lowest BCUT2D eigenvalue weighted by atomic mass is 9.79. The summed E-state index contributed by atoms with van der Waals surface area (Å²) in [5.41, 5.74) is 3.31. The van der Waals surface area contributed by atoms with Gasteiger partial charge < -0.3 is 24.8 Å². The number of nitrogens with zero attached hydrogens (tertiary/aromatic N) is 3. The number of aliphatic carboxylic acids is 1. The lowest BCUT2D eigenvalue weighted by Gasteiger charge is -2.39. The highest BCUT2D eigenvalue weighted by Crippen LogP contribution is 2.40. The smallest absolute Gasteiger partial charge is 0.325 e. The first-order chi connectivity index (χ1) is 19.3. The van der Waals surface area contributed by atoms with Crippen LogP contribution in [-0.4, -0.2) is 85.5 Å². The number of ether oxygens (including phenoxy) is 2. The number of pyridine rings is 1. The number of nitrogens with one attached hydrogen (secondary N) is 1. The third-order valence-corrected chi connectivity index (χ3v) is 8.92. The van der Waals surface area contributed by atoms with E-state index < -0.39 is 17.8 Å². The second kappa shape index (κ2) is 12.4. The quantitative estimate of drug-likeness (QED) is 0.373. The molecular formula is C31H43FN4O4. The minimum atomic E-state index is -0.987. The van der Waals surface area contributed by atoms with Crippen molar-refractivity contribution in [2.45, 2.75) is 69.4 Å². The zero-order chi connectivity index (χ0) is 28.3. The first kappa shape index (κ1) is 28.8. The van der Waals surface area contributed by atoms with Gasteiger partial charge in [-0.25, -0.2) is 9.37 Å². The number of methoxy groups -OCH3 is 1. The predicted molar refractivity (Wildman–Crippen MR) is 153 cm³/mol. The van der Waals surface area contributed by atoms with Crippen LogP contribution < -0.4 is 10.1 Å². The van der Waals surface area contributed by atoms with E-state index in [-0.39, 0.29) is 17.2 Å². The molecule has 5 rings (SSSR count). The molecule has 2 atom stereocenters. The Morgan fingerprint density at radius 3 is 2.88 bits per heavy atom. The van der Waals surface area contributed by atoms with E-state index in [9.17, 15) is 9.90 Å². The largest absolute Gasteiger partial charge is 0.493 e. The number of hydrogen-bond donors (Lipinski definition) is 2. The minimum Gasteiger partial charge on any atom is -0.493 e. The summed E-state index contributed by atoms with van der Waals surface area (Å²) in [6.07, 6.45) is 7.45. The summed E-state index contributed by atoms with van der Waals surface area (Å²) in [6, 6.07) is 6.95. The van der Waals surface area contributed by atoms with Gasteiger partial charge >= 0.3 is 5.97 Å². The molecule has 2 fully saturated rings. The van der Waals surface area contributed by atoms with Gasteiger partial charge in [0.1, 0.15) is 11.9 Å². The van der Waals surface area contributed by atoms with Crippen molar-refractivity contribution in [2.75, 3.05) is 58.9 Å². The van der Waals surface area contributed by atoms with Crippen molar-refractivity contribution in [3.63, 3.8) is 0 Å². The molecule has 2 aromatic rings. The van der Waals surface area contributed by atoms with E-state index >= 15 is 4.39 Å². The van der Waals surface area contributed by atoms with Gasteiger partial charge in [0.25, 0.3) is 0 Å². The van der Waals surface area contributed by atoms with Gasteiger partial charge in [0, 0.05) is 42.3 Å². The van der Waals surface area contributed by atoms with Crippen LogP contribution in [0, 0.1) is 5.82 Å². The third kappa shape index (κ3) is 6.11. The predicted octanol–water partition coefficient (Wildman–Crippen LogP) is 4.42. The highest BCUT2D eigenvalue weighted by atomic mass is 19.1. The number of fused-ring (bicyclic) bond motifs is 1. The maximum Gasteiger partial charge on any atom is 0.325 e. The molecule has 0 aliphatic carbocycles. The zero-order valence-electron chi connectivity index (χ0n) is 24.0. The summed E-state index contributed by atoms with van der Waals surface area (Å²) in [4.78, 5) is 21.7. The molecule has 9 heteroatoms. The summed E-state index contributed by atoms with van der Waals surface area (Å²) in [5, 5.41) is 13.7. The molecule has 40 heavy (non-hydrogen) atoms. The van der Waals surface area contributed by atoms with Gasteiger partial charge in [-0.15, -0.1) is 0 Å². The number of carbonyl (C=O) groups is 1. The van der Waals surface area contributed by atoms with E-state index in [1.807, 2.05) is 17.9 Å². The number of unbranched alkanes of at least 4 members (excludes halogenated alkanes) is 2. The first-order valence-corrected chi connectivity index (χ1v) is 14.6. The van der Waals surface area contributed by atoms with Gasteiger partial charge in [-0.1, -0.05) is 19.4 Å². The number of halogens is 1. The summed E-state index contributed by atoms with van der Waals surface area (Å²) in [7, 11) is 3.52. The number of carboxylic acid groups (broad SMARTS) is 1. The normalized spacial score (nSPS) is 21.0. The Kier molecular flexibility index (Phi) is 8.92. The van der Waals surface area contributed by atoms with E-state index in [2.05, 4.69) is 29.4 Å². The Morgan fingerprint density at radius 2 is 2.15 bits per heavy atom. The molecule has 0 saturated carbocycles. The van der Waals surface area contributed by atoms with Crippen LogP contribution >= 0.6 is 0 Å². The fourth-order valence-electron chi connectivity index (χ4n) is 6.34. The second-order valence-corrected chi connectivity index (χ2v) is 11.9. The van der Waals surface area contributed by atoms with Gasteiger partial charge in [0.2, 0.25) is 0 Å². The molecule has 4 heterocycles. The fourth-order valence-corrected chi connectivity index (χ4v) is 6.34. The number of likely N-dealkylation sites (tertiary alicyclic amines) is 1. The topological polar surface area (TPSA) is 87.2 Å². The van der Waals surface area contributed by atoms with Gasteiger partial charge in [0.15, 0.2) is 11.6 Å². The van der Waals surface area contributed by atoms with Crippen molar-refractivity contribution in [1.82, 2.24) is 14.8 Å². The number of aromatic nitrogens is 1. The van der Waals surface area contributed by atoms with Crippen LogP contribution in [0.15, 0.2) is 24.3 Å². The lowest BCUT2D eigenvalue weighted by Crippen LogP contribution is -2.44. The van der Waals surface area contributed by atoms with Crippen molar-refractivity contribution in [1.29, 1.82) is 0 Å². The molecule has 0 unspecified atom stereocenters. The molecule has 8 nitrogen and oxygen atoms in total. The van der Waals surface area contributed by atoms with Crippen molar-refractivity contribution < 1.29 is 23.8 Å². The number of aryl methyl sites for hydroxylation is 2. The minimum absolute atomic E-state index is 0.0148. The Bertz CT molecular complexity index is 1200. The van der Waals surface area contributed by atoms with Crippen LogP contribution in [0.2, 0.25) is 0 Å². The Morgan fingerprint density at radius 1 is 1.32 bits per heavy atom. The third-order valence-electron chi connectivity index (χ3n) is 8.92. The number of carboxylic acids is 1. The van der Waals surface area contributed by atoms with E-state index in [1.165, 1.54) is 25.2 Å². The summed E-state index contributed by atoms with van der Waals surface area (Å²) in [5.74, 6) is -0.434. The summed E-state index contributed by atoms with van der Waals surface area (Å²) in [6.45, 7) is 6.22. The van der Waals surface area contributed by atoms with Gasteiger partial charge in [-0.05, 0) is 81.4 Å². The number of rotatable bonds is 12. The van der Waals surface area contributed by atoms with Gasteiger partial charge in [-0.2, -0.15) is 0 Å². The van der Waals surface area contributed by atoms with Crippen LogP contribution in [0.4, 0.5) is 10.2 Å². The average molecular weight is 555 g/mol. The Balaban J connectivity index is 1.15. The van der Waals surface area contributed by atoms with Gasteiger partial charge in [0.05, 0.1) is 20.3 Å². The molecule has 0 amide bonds. The standard InChI is InChI=1S/C31H43FN4O4/c1-31(19-40-20-31)22-16-25(28(39-3)26(32)17-22)27(30(37)38)36-15-12-24(18-36)35(2)14-6-4-5-9-23-11-10-21-8-7-13-33-29(21)34-23/h10-11,16-17,24,27H,4-9,12-15,18-20H2,1-3H3,(H,33,34)(H,37,38)/t24-,27-/m1/s1. The first-order valence-electron chi connectivity index (χ1n) is 14.6. The van der Waals surface area contributed by atoms with Crippen molar-refractivity contribution in [2.24, 2.45) is 0 Å². The molecule has 0 radical (unpaired) electrons. The highest BCUT2D eigenvalue weighted by Gasteiger charge is 2.40. The molecule has 1 aromatic heterocycles. The van der Waals surface area contributed by atoms with Crippen LogP contribution in [0.5, 0.6) is 5.75 Å². The Labute approximate surface area is 236 Å².